The fourth-order valence-corrected chi connectivity index (χ4v) is 1.46. The van der Waals surface area contributed by atoms with Gasteiger partial charge in [-0.3, -0.25) is 0 Å². The molecule has 1 aromatic rings. The van der Waals surface area contributed by atoms with Gasteiger partial charge >= 0.3 is 0 Å². The quantitative estimate of drug-likeness (QED) is 0.818. The van der Waals surface area contributed by atoms with E-state index in [1.165, 1.54) is 5.57 Å². The molecule has 0 amide bonds. The summed E-state index contributed by atoms with van der Waals surface area (Å²) in [6.07, 6.45) is 4.90. The van der Waals surface area contributed by atoms with Crippen molar-refractivity contribution in [2.24, 2.45) is 0 Å². The number of halogens is 1. The molecule has 0 saturated carbocycles. The third kappa shape index (κ3) is 3.68. The SMILES string of the molecule is CCCNC/C(C)=C/c1occc1Br. The average molecular weight is 258 g/mol. The van der Waals surface area contributed by atoms with Crippen molar-refractivity contribution in [3.63, 3.8) is 0 Å². The minimum Gasteiger partial charge on any atom is -0.464 e. The van der Waals surface area contributed by atoms with Crippen LogP contribution in [0.15, 0.2) is 26.8 Å². The second-order valence-electron chi connectivity index (χ2n) is 3.30. The van der Waals surface area contributed by atoms with Crippen molar-refractivity contribution in [3.05, 3.63) is 28.1 Å². The van der Waals surface area contributed by atoms with Gasteiger partial charge in [-0.1, -0.05) is 12.5 Å². The topological polar surface area (TPSA) is 25.2 Å². The minimum atomic E-state index is 0.890. The van der Waals surface area contributed by atoms with Crippen LogP contribution < -0.4 is 5.32 Å². The highest BCUT2D eigenvalue weighted by atomic mass is 79.9. The second kappa shape index (κ2) is 6.04. The Morgan fingerprint density at radius 2 is 2.43 bits per heavy atom. The molecule has 0 spiro atoms. The molecular weight excluding hydrogens is 242 g/mol. The molecule has 0 unspecified atom stereocenters. The molecule has 0 saturated heterocycles. The van der Waals surface area contributed by atoms with Crippen LogP contribution in [0.4, 0.5) is 0 Å². The summed E-state index contributed by atoms with van der Waals surface area (Å²) in [4.78, 5) is 0. The molecule has 0 aliphatic heterocycles. The Balaban J connectivity index is 2.47. The van der Waals surface area contributed by atoms with E-state index < -0.39 is 0 Å². The zero-order valence-corrected chi connectivity index (χ0v) is 10.2. The zero-order valence-electron chi connectivity index (χ0n) is 8.64. The summed E-state index contributed by atoms with van der Waals surface area (Å²) >= 11 is 3.42. The average Bonchev–Trinajstić information content (AvgIpc) is 2.52. The van der Waals surface area contributed by atoms with Crippen LogP contribution in [0.25, 0.3) is 6.08 Å². The smallest absolute Gasteiger partial charge is 0.140 e. The lowest BCUT2D eigenvalue weighted by Gasteiger charge is -2.02. The molecule has 1 N–H and O–H groups in total. The summed E-state index contributed by atoms with van der Waals surface area (Å²) in [6.45, 7) is 6.23. The maximum atomic E-state index is 5.29. The molecule has 1 rings (SSSR count). The van der Waals surface area contributed by atoms with E-state index in [9.17, 15) is 0 Å². The van der Waals surface area contributed by atoms with E-state index in [1.54, 1.807) is 6.26 Å². The van der Waals surface area contributed by atoms with E-state index >= 15 is 0 Å². The molecule has 78 valence electrons. The lowest BCUT2D eigenvalue weighted by atomic mass is 10.2. The molecule has 0 bridgehead atoms. The molecular formula is C11H16BrNO. The molecule has 1 aromatic heterocycles. The van der Waals surface area contributed by atoms with Crippen LogP contribution in [-0.2, 0) is 0 Å². The van der Waals surface area contributed by atoms with Gasteiger partial charge in [-0.15, -0.1) is 0 Å². The summed E-state index contributed by atoms with van der Waals surface area (Å²) in [5.41, 5.74) is 1.27. The van der Waals surface area contributed by atoms with Gasteiger partial charge < -0.3 is 9.73 Å². The maximum Gasteiger partial charge on any atom is 0.140 e. The van der Waals surface area contributed by atoms with Gasteiger partial charge in [-0.2, -0.15) is 0 Å². The summed E-state index contributed by atoms with van der Waals surface area (Å²) in [6, 6.07) is 1.90. The molecule has 14 heavy (non-hydrogen) atoms. The Bertz CT molecular complexity index is 304. The number of hydrogen-bond donors (Lipinski definition) is 1. The fourth-order valence-electron chi connectivity index (χ4n) is 1.15. The van der Waals surface area contributed by atoms with Crippen LogP contribution in [0.3, 0.4) is 0 Å². The van der Waals surface area contributed by atoms with Crippen molar-refractivity contribution in [1.82, 2.24) is 5.32 Å². The lowest BCUT2D eigenvalue weighted by Crippen LogP contribution is -2.16. The normalized spacial score (nSPS) is 12.1. The molecule has 0 aliphatic carbocycles. The van der Waals surface area contributed by atoms with Gasteiger partial charge in [0.25, 0.3) is 0 Å². The van der Waals surface area contributed by atoms with Crippen molar-refractivity contribution in [1.29, 1.82) is 0 Å². The standard InChI is InChI=1S/C11H16BrNO/c1-3-5-13-8-9(2)7-11-10(12)4-6-14-11/h4,6-7,13H,3,5,8H2,1-2H3/b9-7+. The van der Waals surface area contributed by atoms with Gasteiger partial charge in [-0.05, 0) is 48.0 Å². The second-order valence-corrected chi connectivity index (χ2v) is 4.15. The van der Waals surface area contributed by atoms with Gasteiger partial charge in [0, 0.05) is 6.54 Å². The van der Waals surface area contributed by atoms with Crippen LogP contribution in [0.1, 0.15) is 26.0 Å². The van der Waals surface area contributed by atoms with Crippen molar-refractivity contribution < 1.29 is 4.42 Å². The predicted molar refractivity (Wildman–Crippen MR) is 63.2 cm³/mol. The molecule has 0 aliphatic rings. The van der Waals surface area contributed by atoms with Crippen LogP contribution in [0, 0.1) is 0 Å². The van der Waals surface area contributed by atoms with E-state index in [4.69, 9.17) is 4.42 Å². The Morgan fingerprint density at radius 1 is 1.64 bits per heavy atom. The van der Waals surface area contributed by atoms with Gasteiger partial charge in [0.1, 0.15) is 5.76 Å². The number of rotatable bonds is 5. The number of furan rings is 1. The van der Waals surface area contributed by atoms with Gasteiger partial charge in [0.15, 0.2) is 0 Å². The molecule has 1 heterocycles. The Kier molecular flexibility index (Phi) is 4.98. The Labute approximate surface area is 93.5 Å². The first-order chi connectivity index (χ1) is 6.74. The Hall–Kier alpha value is -0.540. The van der Waals surface area contributed by atoms with Crippen molar-refractivity contribution in [2.45, 2.75) is 20.3 Å². The van der Waals surface area contributed by atoms with Crippen LogP contribution >= 0.6 is 15.9 Å². The van der Waals surface area contributed by atoms with E-state index in [-0.39, 0.29) is 0 Å². The van der Waals surface area contributed by atoms with Crippen molar-refractivity contribution in [3.8, 4) is 0 Å². The minimum absolute atomic E-state index is 0.890. The molecule has 3 heteroatoms. The van der Waals surface area contributed by atoms with E-state index in [2.05, 4.69) is 35.1 Å². The third-order valence-corrected chi connectivity index (χ3v) is 2.51. The first-order valence-electron chi connectivity index (χ1n) is 4.85. The monoisotopic (exact) mass is 257 g/mol. The molecule has 0 aromatic carbocycles. The largest absolute Gasteiger partial charge is 0.464 e. The van der Waals surface area contributed by atoms with Crippen molar-refractivity contribution >= 4 is 22.0 Å². The van der Waals surface area contributed by atoms with Crippen LogP contribution in [0.2, 0.25) is 0 Å². The fraction of sp³-hybridized carbons (Fsp3) is 0.455. The van der Waals surface area contributed by atoms with Gasteiger partial charge in [-0.25, -0.2) is 0 Å². The highest BCUT2D eigenvalue weighted by molar-refractivity contribution is 9.10. The zero-order chi connectivity index (χ0) is 10.4. The highest BCUT2D eigenvalue weighted by Gasteiger charge is 1.99. The molecule has 0 radical (unpaired) electrons. The molecule has 0 atom stereocenters. The summed E-state index contributed by atoms with van der Waals surface area (Å²) < 4.78 is 6.30. The van der Waals surface area contributed by atoms with E-state index in [0.29, 0.717) is 0 Å². The van der Waals surface area contributed by atoms with Gasteiger partial charge in [0.05, 0.1) is 10.7 Å². The van der Waals surface area contributed by atoms with E-state index in [1.807, 2.05) is 12.1 Å². The molecule has 2 nitrogen and oxygen atoms in total. The van der Waals surface area contributed by atoms with E-state index in [0.717, 1.165) is 29.7 Å². The maximum absolute atomic E-state index is 5.29. The van der Waals surface area contributed by atoms with Crippen LogP contribution in [0.5, 0.6) is 0 Å². The first-order valence-corrected chi connectivity index (χ1v) is 5.64. The lowest BCUT2D eigenvalue weighted by molar-refractivity contribution is 0.554. The van der Waals surface area contributed by atoms with Gasteiger partial charge in [0.2, 0.25) is 0 Å². The first kappa shape index (κ1) is 11.5. The molecule has 0 fully saturated rings. The Morgan fingerprint density at radius 3 is 3.00 bits per heavy atom. The third-order valence-electron chi connectivity index (χ3n) is 1.85. The highest BCUT2D eigenvalue weighted by Crippen LogP contribution is 2.19. The van der Waals surface area contributed by atoms with Crippen molar-refractivity contribution in [2.75, 3.05) is 13.1 Å². The summed E-state index contributed by atoms with van der Waals surface area (Å²) in [7, 11) is 0. The summed E-state index contributed by atoms with van der Waals surface area (Å²) in [5.74, 6) is 0.890. The predicted octanol–water partition coefficient (Wildman–Crippen LogP) is 3.45. The van der Waals surface area contributed by atoms with Crippen LogP contribution in [-0.4, -0.2) is 13.1 Å². The summed E-state index contributed by atoms with van der Waals surface area (Å²) in [5, 5.41) is 3.34. The number of hydrogen-bond acceptors (Lipinski definition) is 2. The number of nitrogens with one attached hydrogen (secondary N) is 1.